The summed E-state index contributed by atoms with van der Waals surface area (Å²) in [7, 11) is -3.38. The summed E-state index contributed by atoms with van der Waals surface area (Å²) in [5.74, 6) is 2.29. The third kappa shape index (κ3) is 3.58. The lowest BCUT2D eigenvalue weighted by molar-refractivity contribution is -0.121. The molecule has 1 N–H and O–H groups in total. The van der Waals surface area contributed by atoms with Gasteiger partial charge in [0, 0.05) is 24.0 Å². The van der Waals surface area contributed by atoms with Crippen LogP contribution in [0.5, 0.6) is 0 Å². The van der Waals surface area contributed by atoms with Crippen LogP contribution < -0.4 is 5.32 Å². The molecule has 0 radical (unpaired) electrons. The maximum Gasteiger partial charge on any atom is 0.252 e. The van der Waals surface area contributed by atoms with Crippen LogP contribution in [0.1, 0.15) is 50.3 Å². The molecule has 144 valence electrons. The third-order valence-corrected chi connectivity index (χ3v) is 9.91. The first-order valence-electron chi connectivity index (χ1n) is 9.81. The molecule has 1 aromatic rings. The average Bonchev–Trinajstić information content (AvgIpc) is 3.37. The number of sulfonamides is 1. The van der Waals surface area contributed by atoms with Crippen LogP contribution in [-0.4, -0.2) is 37.8 Å². The molecule has 1 saturated heterocycles. The van der Waals surface area contributed by atoms with Crippen LogP contribution in [0, 0.1) is 17.8 Å². The van der Waals surface area contributed by atoms with Crippen LogP contribution in [0.4, 0.5) is 0 Å². The number of amides is 1. The number of nitrogens with one attached hydrogen (secondary N) is 1. The Hall–Kier alpha value is -0.920. The third-order valence-electron chi connectivity index (χ3n) is 6.45. The summed E-state index contributed by atoms with van der Waals surface area (Å²) in [6.07, 6.45) is 7.41. The number of hydrogen-bond donors (Lipinski definition) is 1. The van der Waals surface area contributed by atoms with Crippen molar-refractivity contribution in [3.05, 3.63) is 17.0 Å². The van der Waals surface area contributed by atoms with Gasteiger partial charge in [0.15, 0.2) is 0 Å². The zero-order valence-corrected chi connectivity index (χ0v) is 16.9. The number of carbonyl (C=O) groups excluding carboxylic acids is 1. The van der Waals surface area contributed by atoms with E-state index in [9.17, 15) is 13.2 Å². The van der Waals surface area contributed by atoms with Crippen LogP contribution >= 0.6 is 11.3 Å². The molecular formula is C19H28N2O3S2. The molecule has 1 aliphatic heterocycles. The van der Waals surface area contributed by atoms with Crippen molar-refractivity contribution in [2.24, 2.45) is 17.8 Å². The van der Waals surface area contributed by atoms with E-state index in [4.69, 9.17) is 0 Å². The second kappa shape index (κ2) is 7.24. The molecule has 0 aromatic carbocycles. The molecule has 3 aliphatic rings. The second-order valence-electron chi connectivity index (χ2n) is 8.20. The Bertz CT molecular complexity index is 768. The van der Waals surface area contributed by atoms with Gasteiger partial charge >= 0.3 is 0 Å². The quantitative estimate of drug-likeness (QED) is 0.804. The summed E-state index contributed by atoms with van der Waals surface area (Å²) in [6, 6.07) is 3.65. The zero-order valence-electron chi connectivity index (χ0n) is 15.3. The zero-order chi connectivity index (χ0) is 18.3. The molecule has 7 heteroatoms. The fourth-order valence-electron chi connectivity index (χ4n) is 5.12. The molecule has 5 nitrogen and oxygen atoms in total. The molecule has 26 heavy (non-hydrogen) atoms. The number of thiophene rings is 1. The van der Waals surface area contributed by atoms with Crippen LogP contribution in [0.3, 0.4) is 0 Å². The number of fused-ring (bicyclic) bond motifs is 2. The number of nitrogens with zero attached hydrogens (tertiary/aromatic N) is 1. The molecule has 1 aromatic heterocycles. The monoisotopic (exact) mass is 396 g/mol. The Balaban J connectivity index is 1.34. The highest BCUT2D eigenvalue weighted by Crippen LogP contribution is 2.49. The van der Waals surface area contributed by atoms with E-state index in [2.05, 4.69) is 12.2 Å². The van der Waals surface area contributed by atoms with Gasteiger partial charge in [0.25, 0.3) is 10.0 Å². The summed E-state index contributed by atoms with van der Waals surface area (Å²) in [5, 5.41) is 3.17. The van der Waals surface area contributed by atoms with Gasteiger partial charge in [-0.05, 0) is 68.9 Å². The van der Waals surface area contributed by atoms with Crippen molar-refractivity contribution in [1.82, 2.24) is 9.62 Å². The van der Waals surface area contributed by atoms with Crippen molar-refractivity contribution in [2.45, 2.75) is 62.1 Å². The van der Waals surface area contributed by atoms with E-state index in [-0.39, 0.29) is 18.4 Å². The number of rotatable bonds is 6. The smallest absolute Gasteiger partial charge is 0.252 e. The van der Waals surface area contributed by atoms with E-state index in [1.54, 1.807) is 16.4 Å². The summed E-state index contributed by atoms with van der Waals surface area (Å²) in [6.45, 7) is 3.34. The van der Waals surface area contributed by atoms with Gasteiger partial charge in [0.1, 0.15) is 4.21 Å². The second-order valence-corrected chi connectivity index (χ2v) is 11.5. The predicted molar refractivity (Wildman–Crippen MR) is 103 cm³/mol. The summed E-state index contributed by atoms with van der Waals surface area (Å²) < 4.78 is 27.1. The first-order valence-corrected chi connectivity index (χ1v) is 12.1. The Morgan fingerprint density at radius 2 is 2.04 bits per heavy atom. The largest absolute Gasteiger partial charge is 0.353 e. The van der Waals surface area contributed by atoms with Crippen molar-refractivity contribution in [3.8, 4) is 0 Å². The minimum atomic E-state index is -3.38. The SMILES string of the molecule is CC(NC(=O)Cc1ccc(S(=O)(=O)N2CCCC2)s1)C1CC2CCC1C2. The Kier molecular flexibility index (Phi) is 5.14. The highest BCUT2D eigenvalue weighted by atomic mass is 32.2. The molecular weight excluding hydrogens is 368 g/mol. The molecule has 4 atom stereocenters. The van der Waals surface area contributed by atoms with Crippen molar-refractivity contribution in [3.63, 3.8) is 0 Å². The number of hydrogen-bond acceptors (Lipinski definition) is 4. The van der Waals surface area contributed by atoms with Gasteiger partial charge in [-0.3, -0.25) is 4.79 Å². The van der Waals surface area contributed by atoms with E-state index in [1.165, 1.54) is 37.0 Å². The van der Waals surface area contributed by atoms with Crippen LogP contribution in [0.25, 0.3) is 0 Å². The van der Waals surface area contributed by atoms with E-state index < -0.39 is 10.0 Å². The fourth-order valence-corrected chi connectivity index (χ4v) is 8.15. The van der Waals surface area contributed by atoms with Gasteiger partial charge in [-0.25, -0.2) is 8.42 Å². The molecule has 4 unspecified atom stereocenters. The van der Waals surface area contributed by atoms with Crippen molar-refractivity contribution in [2.75, 3.05) is 13.1 Å². The maximum absolute atomic E-state index is 12.6. The standard InChI is InChI=1S/C19H28N2O3S2/c1-13(17-11-14-4-5-15(17)10-14)20-18(22)12-16-6-7-19(25-16)26(23,24)21-8-2-3-9-21/h6-7,13-15,17H,2-5,8-12H2,1H3,(H,20,22). The number of carbonyl (C=O) groups is 1. The average molecular weight is 397 g/mol. The summed E-state index contributed by atoms with van der Waals surface area (Å²) >= 11 is 1.24. The van der Waals surface area contributed by atoms with Crippen molar-refractivity contribution < 1.29 is 13.2 Å². The summed E-state index contributed by atoms with van der Waals surface area (Å²) in [4.78, 5) is 13.3. The molecule has 1 amide bonds. The van der Waals surface area contributed by atoms with Gasteiger partial charge in [0.2, 0.25) is 5.91 Å². The van der Waals surface area contributed by atoms with Gasteiger partial charge in [-0.1, -0.05) is 6.42 Å². The Morgan fingerprint density at radius 3 is 2.69 bits per heavy atom. The van der Waals surface area contributed by atoms with E-state index >= 15 is 0 Å². The molecule has 2 bridgehead atoms. The van der Waals surface area contributed by atoms with Gasteiger partial charge < -0.3 is 5.32 Å². The van der Waals surface area contributed by atoms with E-state index in [1.807, 2.05) is 0 Å². The first-order chi connectivity index (χ1) is 12.4. The highest BCUT2D eigenvalue weighted by Gasteiger charge is 2.42. The van der Waals surface area contributed by atoms with E-state index in [0.29, 0.717) is 23.2 Å². The fraction of sp³-hybridized carbons (Fsp3) is 0.737. The molecule has 4 rings (SSSR count). The van der Waals surface area contributed by atoms with Crippen molar-refractivity contribution >= 4 is 27.3 Å². The van der Waals surface area contributed by atoms with E-state index in [0.717, 1.165) is 29.6 Å². The molecule has 0 spiro atoms. The first kappa shape index (κ1) is 18.4. The topological polar surface area (TPSA) is 66.5 Å². The van der Waals surface area contributed by atoms with Crippen LogP contribution in [0.2, 0.25) is 0 Å². The van der Waals surface area contributed by atoms with Gasteiger partial charge in [-0.15, -0.1) is 11.3 Å². The lowest BCUT2D eigenvalue weighted by Crippen LogP contribution is -2.40. The summed E-state index contributed by atoms with van der Waals surface area (Å²) in [5.41, 5.74) is 0. The molecule has 2 heterocycles. The Morgan fingerprint density at radius 1 is 1.27 bits per heavy atom. The minimum Gasteiger partial charge on any atom is -0.353 e. The lowest BCUT2D eigenvalue weighted by Gasteiger charge is -2.28. The molecule has 2 saturated carbocycles. The molecule has 3 fully saturated rings. The Labute approximate surface area is 160 Å². The van der Waals surface area contributed by atoms with Crippen molar-refractivity contribution in [1.29, 1.82) is 0 Å². The predicted octanol–water partition coefficient (Wildman–Crippen LogP) is 3.02. The normalized spacial score (nSPS) is 30.0. The maximum atomic E-state index is 12.6. The van der Waals surface area contributed by atoms with Gasteiger partial charge in [-0.2, -0.15) is 4.31 Å². The van der Waals surface area contributed by atoms with Gasteiger partial charge in [0.05, 0.1) is 6.42 Å². The highest BCUT2D eigenvalue weighted by molar-refractivity contribution is 7.91. The minimum absolute atomic E-state index is 0.00671. The van der Waals surface area contributed by atoms with Crippen LogP contribution in [-0.2, 0) is 21.2 Å². The lowest BCUT2D eigenvalue weighted by atomic mass is 9.84. The van der Waals surface area contributed by atoms with Crippen LogP contribution in [0.15, 0.2) is 16.3 Å². The molecule has 2 aliphatic carbocycles.